The number of aromatic nitrogens is 2. The van der Waals surface area contributed by atoms with E-state index in [9.17, 15) is 4.79 Å². The number of amides is 2. The van der Waals surface area contributed by atoms with E-state index in [-0.39, 0.29) is 18.1 Å². The van der Waals surface area contributed by atoms with Crippen LogP contribution in [0.25, 0.3) is 0 Å². The molecule has 172 valence electrons. The van der Waals surface area contributed by atoms with Crippen molar-refractivity contribution in [2.45, 2.75) is 76.4 Å². The molecule has 2 amide bonds. The average Bonchev–Trinajstić information content (AvgIpc) is 2.80. The second kappa shape index (κ2) is 10.2. The summed E-state index contributed by atoms with van der Waals surface area (Å²) in [7, 11) is 4.11. The van der Waals surface area contributed by atoms with Gasteiger partial charge in [0.2, 0.25) is 5.95 Å². The van der Waals surface area contributed by atoms with Crippen molar-refractivity contribution in [3.63, 3.8) is 0 Å². The van der Waals surface area contributed by atoms with E-state index in [2.05, 4.69) is 34.9 Å². The molecule has 0 bridgehead atoms. The zero-order chi connectivity index (χ0) is 22.5. The Morgan fingerprint density at radius 3 is 2.41 bits per heavy atom. The van der Waals surface area contributed by atoms with Crippen molar-refractivity contribution in [3.8, 4) is 0 Å². The zero-order valence-electron chi connectivity index (χ0n) is 19.5. The van der Waals surface area contributed by atoms with Crippen molar-refractivity contribution in [1.82, 2.24) is 20.6 Å². The van der Waals surface area contributed by atoms with Crippen LogP contribution in [0.5, 0.6) is 0 Å². The molecule has 0 spiro atoms. The summed E-state index contributed by atoms with van der Waals surface area (Å²) < 4.78 is 0. The molecule has 1 fully saturated rings. The van der Waals surface area contributed by atoms with E-state index in [0.29, 0.717) is 6.04 Å². The first-order chi connectivity index (χ1) is 15.5. The highest BCUT2D eigenvalue weighted by Crippen LogP contribution is 2.29. The van der Waals surface area contributed by atoms with E-state index >= 15 is 0 Å². The van der Waals surface area contributed by atoms with Crippen LogP contribution in [0.1, 0.15) is 68.3 Å². The standard InChI is InChI=1S/C25H36N6O/c1-17(18-9-5-4-6-10-18)26-25(32)28-20-15-13-19(14-16-20)27-24-29-22-12-8-7-11-21(22)23(30-24)31(2)3/h4-6,9-10,17,19-20H,7-8,11-16H2,1-3H3,(H2,26,28,32)(H,27,29,30)/t17?,19-,20+. The van der Waals surface area contributed by atoms with Crippen molar-refractivity contribution in [3.05, 3.63) is 47.2 Å². The molecular formula is C25H36N6O. The monoisotopic (exact) mass is 436 g/mol. The smallest absolute Gasteiger partial charge is 0.315 e. The van der Waals surface area contributed by atoms with Crippen molar-refractivity contribution in [1.29, 1.82) is 0 Å². The van der Waals surface area contributed by atoms with E-state index in [4.69, 9.17) is 9.97 Å². The molecule has 2 aliphatic rings. The molecule has 2 aliphatic carbocycles. The van der Waals surface area contributed by atoms with Crippen molar-refractivity contribution >= 4 is 17.8 Å². The molecule has 1 unspecified atom stereocenters. The third-order valence-electron chi connectivity index (χ3n) is 6.63. The molecule has 7 nitrogen and oxygen atoms in total. The van der Waals surface area contributed by atoms with Gasteiger partial charge >= 0.3 is 6.03 Å². The number of carbonyl (C=O) groups is 1. The van der Waals surface area contributed by atoms with Gasteiger partial charge in [0.25, 0.3) is 0 Å². The quantitative estimate of drug-likeness (QED) is 0.632. The maximum Gasteiger partial charge on any atom is 0.315 e. The lowest BCUT2D eigenvalue weighted by Crippen LogP contribution is -2.45. The fourth-order valence-corrected chi connectivity index (χ4v) is 4.82. The fraction of sp³-hybridized carbons (Fsp3) is 0.560. The maximum atomic E-state index is 12.4. The summed E-state index contributed by atoms with van der Waals surface area (Å²) in [4.78, 5) is 24.2. The largest absolute Gasteiger partial charge is 0.362 e. The number of urea groups is 1. The number of fused-ring (bicyclic) bond motifs is 1. The summed E-state index contributed by atoms with van der Waals surface area (Å²) in [6.07, 6.45) is 8.45. The summed E-state index contributed by atoms with van der Waals surface area (Å²) in [6, 6.07) is 10.5. The molecule has 1 saturated carbocycles. The Hall–Kier alpha value is -2.83. The third-order valence-corrected chi connectivity index (χ3v) is 6.63. The molecule has 2 aromatic rings. The van der Waals surface area contributed by atoms with E-state index in [1.807, 2.05) is 37.3 Å². The molecule has 4 rings (SSSR count). The number of anilines is 2. The Balaban J connectivity index is 1.28. The first-order valence-corrected chi connectivity index (χ1v) is 11.9. The second-order valence-corrected chi connectivity index (χ2v) is 9.34. The lowest BCUT2D eigenvalue weighted by Gasteiger charge is -2.31. The highest BCUT2D eigenvalue weighted by Gasteiger charge is 2.25. The van der Waals surface area contributed by atoms with Crippen LogP contribution in [-0.2, 0) is 12.8 Å². The number of aryl methyl sites for hydroxylation is 1. The minimum atomic E-state index is -0.0913. The highest BCUT2D eigenvalue weighted by atomic mass is 16.2. The number of nitrogens with zero attached hydrogens (tertiary/aromatic N) is 3. The second-order valence-electron chi connectivity index (χ2n) is 9.34. The Bertz CT molecular complexity index is 908. The van der Waals surface area contributed by atoms with Gasteiger partial charge in [0.05, 0.1) is 11.7 Å². The molecule has 1 aromatic carbocycles. The first kappa shape index (κ1) is 22.4. The third kappa shape index (κ3) is 5.50. The van der Waals surface area contributed by atoms with Gasteiger partial charge in [0.1, 0.15) is 5.82 Å². The summed E-state index contributed by atoms with van der Waals surface area (Å²) in [6.45, 7) is 2.01. The van der Waals surface area contributed by atoms with E-state index in [1.165, 1.54) is 24.1 Å². The Kier molecular flexibility index (Phi) is 7.12. The Morgan fingerprint density at radius 1 is 1.00 bits per heavy atom. The van der Waals surface area contributed by atoms with Gasteiger partial charge in [0, 0.05) is 31.7 Å². The van der Waals surface area contributed by atoms with Gasteiger partial charge in [-0.05, 0) is 63.9 Å². The van der Waals surface area contributed by atoms with Crippen LogP contribution in [0.15, 0.2) is 30.3 Å². The number of rotatable bonds is 6. The van der Waals surface area contributed by atoms with Gasteiger partial charge in [0.15, 0.2) is 0 Å². The van der Waals surface area contributed by atoms with Crippen LogP contribution in [0, 0.1) is 0 Å². The van der Waals surface area contributed by atoms with Gasteiger partial charge < -0.3 is 20.9 Å². The summed E-state index contributed by atoms with van der Waals surface area (Å²) >= 11 is 0. The van der Waals surface area contributed by atoms with E-state index in [1.54, 1.807) is 0 Å². The minimum absolute atomic E-state index is 0.0127. The maximum absolute atomic E-state index is 12.4. The number of hydrogen-bond acceptors (Lipinski definition) is 5. The van der Waals surface area contributed by atoms with Gasteiger partial charge in [-0.2, -0.15) is 4.98 Å². The van der Waals surface area contributed by atoms with Crippen LogP contribution in [0.2, 0.25) is 0 Å². The van der Waals surface area contributed by atoms with Crippen LogP contribution in [-0.4, -0.2) is 42.2 Å². The summed E-state index contributed by atoms with van der Waals surface area (Å²) in [5.74, 6) is 1.80. The molecule has 1 atom stereocenters. The van der Waals surface area contributed by atoms with Crippen molar-refractivity contribution in [2.24, 2.45) is 0 Å². The molecular weight excluding hydrogens is 400 g/mol. The highest BCUT2D eigenvalue weighted by molar-refractivity contribution is 5.74. The van der Waals surface area contributed by atoms with Crippen LogP contribution in [0.3, 0.4) is 0 Å². The minimum Gasteiger partial charge on any atom is -0.362 e. The van der Waals surface area contributed by atoms with Gasteiger partial charge in [-0.3, -0.25) is 0 Å². The van der Waals surface area contributed by atoms with Crippen LogP contribution >= 0.6 is 0 Å². The number of benzene rings is 1. The molecule has 0 saturated heterocycles. The summed E-state index contributed by atoms with van der Waals surface area (Å²) in [5, 5.41) is 9.78. The lowest BCUT2D eigenvalue weighted by molar-refractivity contribution is 0.229. The fourth-order valence-electron chi connectivity index (χ4n) is 4.82. The Labute approximate surface area is 191 Å². The lowest BCUT2D eigenvalue weighted by atomic mass is 9.91. The zero-order valence-corrected chi connectivity index (χ0v) is 19.5. The van der Waals surface area contributed by atoms with Crippen LogP contribution < -0.4 is 20.9 Å². The molecule has 7 heteroatoms. The molecule has 0 aliphatic heterocycles. The number of nitrogens with one attached hydrogen (secondary N) is 3. The number of hydrogen-bond donors (Lipinski definition) is 3. The Morgan fingerprint density at radius 2 is 1.69 bits per heavy atom. The van der Waals surface area contributed by atoms with Crippen LogP contribution in [0.4, 0.5) is 16.6 Å². The predicted molar refractivity (Wildman–Crippen MR) is 129 cm³/mol. The van der Waals surface area contributed by atoms with Crippen molar-refractivity contribution in [2.75, 3.05) is 24.3 Å². The number of carbonyl (C=O) groups excluding carboxylic acids is 1. The SMILES string of the molecule is CC(NC(=O)N[C@H]1CC[C@@H](Nc2nc3c(c(N(C)C)n2)CCCC3)CC1)c1ccccc1. The molecule has 0 radical (unpaired) electrons. The molecule has 1 aromatic heterocycles. The van der Waals surface area contributed by atoms with Crippen molar-refractivity contribution < 1.29 is 4.79 Å². The molecule has 3 N–H and O–H groups in total. The summed E-state index contributed by atoms with van der Waals surface area (Å²) in [5.41, 5.74) is 3.63. The van der Waals surface area contributed by atoms with E-state index in [0.717, 1.165) is 55.9 Å². The van der Waals surface area contributed by atoms with E-state index < -0.39 is 0 Å². The molecule has 1 heterocycles. The first-order valence-electron chi connectivity index (χ1n) is 11.9. The topological polar surface area (TPSA) is 82.2 Å². The average molecular weight is 437 g/mol. The van der Waals surface area contributed by atoms with Gasteiger partial charge in [-0.15, -0.1) is 0 Å². The van der Waals surface area contributed by atoms with Gasteiger partial charge in [-0.1, -0.05) is 30.3 Å². The normalized spacial score (nSPS) is 21.2. The van der Waals surface area contributed by atoms with Gasteiger partial charge in [-0.25, -0.2) is 9.78 Å². The predicted octanol–water partition coefficient (Wildman–Crippen LogP) is 4.20. The molecule has 32 heavy (non-hydrogen) atoms.